The summed E-state index contributed by atoms with van der Waals surface area (Å²) >= 11 is 0. The van der Waals surface area contributed by atoms with E-state index in [1.54, 1.807) is 6.07 Å². The van der Waals surface area contributed by atoms with Gasteiger partial charge >= 0.3 is 0 Å². The summed E-state index contributed by atoms with van der Waals surface area (Å²) < 4.78 is 5.89. The predicted octanol–water partition coefficient (Wildman–Crippen LogP) is 4.29. The molecule has 2 aromatic rings. The lowest BCUT2D eigenvalue weighted by Crippen LogP contribution is -2.42. The highest BCUT2D eigenvalue weighted by molar-refractivity contribution is 5.92. The third-order valence-electron chi connectivity index (χ3n) is 4.80. The van der Waals surface area contributed by atoms with Crippen molar-refractivity contribution in [3.63, 3.8) is 0 Å². The molecule has 3 rings (SSSR count). The molecule has 4 heteroatoms. The lowest BCUT2D eigenvalue weighted by molar-refractivity contribution is 0.0629. The number of rotatable bonds is 4. The van der Waals surface area contributed by atoms with Gasteiger partial charge in [-0.1, -0.05) is 23.8 Å². The van der Waals surface area contributed by atoms with Crippen LogP contribution in [-0.4, -0.2) is 28.4 Å². The number of amides is 1. The molecule has 0 radical (unpaired) electrons. The molecule has 1 saturated heterocycles. The topological polar surface area (TPSA) is 42.4 Å². The number of carbonyl (C=O) groups is 1. The first-order valence-corrected chi connectivity index (χ1v) is 9.01. The second-order valence-electron chi connectivity index (χ2n) is 6.92. The molecule has 1 unspecified atom stereocenters. The zero-order chi connectivity index (χ0) is 17.8. The largest absolute Gasteiger partial charge is 0.487 e. The van der Waals surface area contributed by atoms with E-state index in [-0.39, 0.29) is 11.9 Å². The number of nitrogens with zero attached hydrogens (tertiary/aromatic N) is 2. The van der Waals surface area contributed by atoms with Gasteiger partial charge in [-0.25, -0.2) is 4.98 Å². The maximum Gasteiger partial charge on any atom is 0.272 e. The summed E-state index contributed by atoms with van der Waals surface area (Å²) in [5.74, 6) is 0.884. The van der Waals surface area contributed by atoms with Gasteiger partial charge in [-0.3, -0.25) is 4.79 Å². The number of piperidine rings is 1. The van der Waals surface area contributed by atoms with Crippen molar-refractivity contribution in [2.24, 2.45) is 0 Å². The summed E-state index contributed by atoms with van der Waals surface area (Å²) in [5.41, 5.74) is 3.60. The Morgan fingerprint density at radius 1 is 1.24 bits per heavy atom. The highest BCUT2D eigenvalue weighted by Gasteiger charge is 2.25. The number of hydrogen-bond donors (Lipinski definition) is 0. The molecule has 0 spiro atoms. The Bertz CT molecular complexity index is 757. The average Bonchev–Trinajstić information content (AvgIpc) is 2.61. The summed E-state index contributed by atoms with van der Waals surface area (Å²) in [5, 5.41) is 0. The van der Waals surface area contributed by atoms with Gasteiger partial charge in [0.05, 0.1) is 5.69 Å². The highest BCUT2D eigenvalue weighted by Crippen LogP contribution is 2.21. The van der Waals surface area contributed by atoms with Crippen LogP contribution in [0.25, 0.3) is 0 Å². The molecule has 2 heterocycles. The molecule has 1 fully saturated rings. The molecule has 0 bridgehead atoms. The van der Waals surface area contributed by atoms with Crippen LogP contribution in [0.2, 0.25) is 0 Å². The van der Waals surface area contributed by atoms with Crippen LogP contribution in [0.15, 0.2) is 36.4 Å². The minimum absolute atomic E-state index is 0.0283. The fraction of sp³-hybridized carbons (Fsp3) is 0.429. The fourth-order valence-electron chi connectivity index (χ4n) is 3.34. The molecule has 1 aliphatic heterocycles. The minimum Gasteiger partial charge on any atom is -0.487 e. The third kappa shape index (κ3) is 4.19. The lowest BCUT2D eigenvalue weighted by atomic mass is 10.0. The van der Waals surface area contributed by atoms with E-state index in [0.717, 1.165) is 36.4 Å². The van der Waals surface area contributed by atoms with Crippen LogP contribution >= 0.6 is 0 Å². The first-order chi connectivity index (χ1) is 12.0. The van der Waals surface area contributed by atoms with E-state index in [4.69, 9.17) is 4.74 Å². The van der Waals surface area contributed by atoms with Crippen LogP contribution in [0.5, 0.6) is 5.75 Å². The van der Waals surface area contributed by atoms with E-state index in [0.29, 0.717) is 12.3 Å². The van der Waals surface area contributed by atoms with E-state index < -0.39 is 0 Å². The maximum atomic E-state index is 12.8. The van der Waals surface area contributed by atoms with Crippen molar-refractivity contribution in [3.05, 3.63) is 58.9 Å². The van der Waals surface area contributed by atoms with E-state index in [1.165, 1.54) is 12.0 Å². The number of benzene rings is 1. The van der Waals surface area contributed by atoms with Crippen molar-refractivity contribution >= 4 is 5.91 Å². The number of likely N-dealkylation sites (tertiary alicyclic amines) is 1. The Kier molecular flexibility index (Phi) is 5.37. The van der Waals surface area contributed by atoms with Crippen LogP contribution in [0.3, 0.4) is 0 Å². The molecule has 0 aliphatic carbocycles. The normalized spacial score (nSPS) is 17.4. The molecule has 1 aliphatic rings. The molecule has 132 valence electrons. The lowest BCUT2D eigenvalue weighted by Gasteiger charge is -2.33. The summed E-state index contributed by atoms with van der Waals surface area (Å²) in [6, 6.07) is 12.0. The summed E-state index contributed by atoms with van der Waals surface area (Å²) in [7, 11) is 0. The van der Waals surface area contributed by atoms with Gasteiger partial charge in [0, 0.05) is 12.6 Å². The number of pyridine rings is 1. The molecule has 0 N–H and O–H groups in total. The Hall–Kier alpha value is -2.36. The standard InChI is InChI=1S/C21H26N2O2/c1-15-10-11-20(16(2)13-15)25-14-18-8-6-9-19(22-18)21(24)23-12-5-4-7-17(23)3/h6,8-11,13,17H,4-5,7,12,14H2,1-3H3. The SMILES string of the molecule is Cc1ccc(OCc2cccc(C(=O)N3CCCCC3C)n2)c(C)c1. The van der Waals surface area contributed by atoms with Gasteiger partial charge in [-0.2, -0.15) is 0 Å². The van der Waals surface area contributed by atoms with Gasteiger partial charge in [-0.15, -0.1) is 0 Å². The maximum absolute atomic E-state index is 12.8. The van der Waals surface area contributed by atoms with Gasteiger partial charge in [0.1, 0.15) is 18.1 Å². The molecular weight excluding hydrogens is 312 g/mol. The van der Waals surface area contributed by atoms with Crippen molar-refractivity contribution < 1.29 is 9.53 Å². The fourth-order valence-corrected chi connectivity index (χ4v) is 3.34. The summed E-state index contributed by atoms with van der Waals surface area (Å²) in [4.78, 5) is 19.2. The number of hydrogen-bond acceptors (Lipinski definition) is 3. The Morgan fingerprint density at radius 2 is 2.08 bits per heavy atom. The first kappa shape index (κ1) is 17.5. The van der Waals surface area contributed by atoms with Crippen LogP contribution in [0.4, 0.5) is 0 Å². The molecule has 25 heavy (non-hydrogen) atoms. The van der Waals surface area contributed by atoms with Crippen molar-refractivity contribution in [2.75, 3.05) is 6.54 Å². The van der Waals surface area contributed by atoms with Crippen LogP contribution < -0.4 is 4.74 Å². The van der Waals surface area contributed by atoms with Crippen molar-refractivity contribution in [1.82, 2.24) is 9.88 Å². The first-order valence-electron chi connectivity index (χ1n) is 9.01. The van der Waals surface area contributed by atoms with Crippen molar-refractivity contribution in [2.45, 2.75) is 52.7 Å². The second-order valence-corrected chi connectivity index (χ2v) is 6.92. The van der Waals surface area contributed by atoms with Crippen LogP contribution in [0, 0.1) is 13.8 Å². The quantitative estimate of drug-likeness (QED) is 0.835. The zero-order valence-corrected chi connectivity index (χ0v) is 15.3. The summed E-state index contributed by atoms with van der Waals surface area (Å²) in [6.45, 7) is 7.40. The van der Waals surface area contributed by atoms with E-state index >= 15 is 0 Å². The molecule has 1 aromatic carbocycles. The van der Waals surface area contributed by atoms with Gasteiger partial charge < -0.3 is 9.64 Å². The predicted molar refractivity (Wildman–Crippen MR) is 98.8 cm³/mol. The van der Waals surface area contributed by atoms with E-state index in [9.17, 15) is 4.79 Å². The number of aromatic nitrogens is 1. The second kappa shape index (κ2) is 7.68. The van der Waals surface area contributed by atoms with Crippen LogP contribution in [-0.2, 0) is 6.61 Å². The zero-order valence-electron chi connectivity index (χ0n) is 15.3. The molecule has 1 amide bonds. The third-order valence-corrected chi connectivity index (χ3v) is 4.80. The number of carbonyl (C=O) groups excluding carboxylic acids is 1. The molecule has 4 nitrogen and oxygen atoms in total. The van der Waals surface area contributed by atoms with Crippen LogP contribution in [0.1, 0.15) is 53.5 Å². The van der Waals surface area contributed by atoms with Gasteiger partial charge in [0.25, 0.3) is 5.91 Å². The number of aryl methyl sites for hydroxylation is 2. The molecule has 1 aromatic heterocycles. The van der Waals surface area contributed by atoms with Crippen molar-refractivity contribution in [1.29, 1.82) is 0 Å². The van der Waals surface area contributed by atoms with Gasteiger partial charge in [0.2, 0.25) is 0 Å². The van der Waals surface area contributed by atoms with E-state index in [2.05, 4.69) is 24.9 Å². The highest BCUT2D eigenvalue weighted by atomic mass is 16.5. The molecule has 1 atom stereocenters. The minimum atomic E-state index is 0.0283. The van der Waals surface area contributed by atoms with Gasteiger partial charge in [0.15, 0.2) is 0 Å². The van der Waals surface area contributed by atoms with E-state index in [1.807, 2.05) is 36.1 Å². The Morgan fingerprint density at radius 3 is 2.84 bits per heavy atom. The van der Waals surface area contributed by atoms with Gasteiger partial charge in [-0.05, 0) is 63.8 Å². The Balaban J connectivity index is 1.69. The number of ether oxygens (including phenoxy) is 1. The monoisotopic (exact) mass is 338 g/mol. The summed E-state index contributed by atoms with van der Waals surface area (Å²) in [6.07, 6.45) is 3.34. The molecule has 0 saturated carbocycles. The average molecular weight is 338 g/mol. The smallest absolute Gasteiger partial charge is 0.272 e. The van der Waals surface area contributed by atoms with Crippen molar-refractivity contribution in [3.8, 4) is 5.75 Å². The molecular formula is C21H26N2O2. The Labute approximate surface area is 149 Å².